The Labute approximate surface area is 114 Å². The first-order chi connectivity index (χ1) is 9.04. The van der Waals surface area contributed by atoms with E-state index in [-0.39, 0.29) is 0 Å². The molecule has 2 aromatic rings. The highest BCUT2D eigenvalue weighted by Crippen LogP contribution is 2.31. The Kier molecular flexibility index (Phi) is 3.98. The number of benzene rings is 1. The number of imidazole rings is 1. The largest absolute Gasteiger partial charge is 0.494 e. The summed E-state index contributed by atoms with van der Waals surface area (Å²) in [6.45, 7) is 6.68. The van der Waals surface area contributed by atoms with E-state index >= 15 is 0 Å². The number of anilines is 1. The molecule has 1 aromatic carbocycles. The van der Waals surface area contributed by atoms with Gasteiger partial charge in [0.05, 0.1) is 12.6 Å². The molecule has 1 atom stereocenters. The second kappa shape index (κ2) is 5.51. The molecule has 0 aliphatic heterocycles. The molecular weight excluding hydrogens is 238 g/mol. The van der Waals surface area contributed by atoms with Crippen LogP contribution in [0.4, 0.5) is 5.95 Å². The standard InChI is InChI=1S/C15H23N3O/c1-10(2)8-9-11(3)18-12-6-5-7-13(19-4)14(12)17-15(18)16/h5-7,10-11H,8-9H2,1-4H3,(H2,16,17). The van der Waals surface area contributed by atoms with Crippen LogP contribution < -0.4 is 10.5 Å². The van der Waals surface area contributed by atoms with Crippen LogP contribution in [0.25, 0.3) is 11.0 Å². The predicted octanol–water partition coefficient (Wildman–Crippen LogP) is 3.62. The van der Waals surface area contributed by atoms with Crippen molar-refractivity contribution < 1.29 is 4.74 Å². The van der Waals surface area contributed by atoms with Crippen molar-refractivity contribution >= 4 is 17.0 Å². The van der Waals surface area contributed by atoms with Crippen LogP contribution in [0.15, 0.2) is 18.2 Å². The third-order valence-electron chi connectivity index (χ3n) is 3.53. The number of methoxy groups -OCH3 is 1. The third-order valence-corrected chi connectivity index (χ3v) is 3.53. The Hall–Kier alpha value is -1.71. The fraction of sp³-hybridized carbons (Fsp3) is 0.533. The average molecular weight is 261 g/mol. The summed E-state index contributed by atoms with van der Waals surface area (Å²) < 4.78 is 7.45. The highest BCUT2D eigenvalue weighted by atomic mass is 16.5. The normalized spacial score (nSPS) is 13.1. The smallest absolute Gasteiger partial charge is 0.201 e. The monoisotopic (exact) mass is 261 g/mol. The van der Waals surface area contributed by atoms with Crippen LogP contribution in [0.1, 0.15) is 39.7 Å². The van der Waals surface area contributed by atoms with Gasteiger partial charge in [0.15, 0.2) is 0 Å². The summed E-state index contributed by atoms with van der Waals surface area (Å²) >= 11 is 0. The molecule has 19 heavy (non-hydrogen) atoms. The number of nitrogens with zero attached hydrogens (tertiary/aromatic N) is 2. The number of ether oxygens (including phenoxy) is 1. The van der Waals surface area contributed by atoms with Crippen molar-refractivity contribution in [2.45, 2.75) is 39.7 Å². The Balaban J connectivity index is 2.40. The summed E-state index contributed by atoms with van der Waals surface area (Å²) in [6.07, 6.45) is 2.29. The Morgan fingerprint density at radius 1 is 1.26 bits per heavy atom. The van der Waals surface area contributed by atoms with Crippen LogP contribution in [0.5, 0.6) is 5.75 Å². The summed E-state index contributed by atoms with van der Waals surface area (Å²) in [7, 11) is 1.66. The second-order valence-corrected chi connectivity index (χ2v) is 5.49. The van der Waals surface area contributed by atoms with Crippen molar-refractivity contribution in [3.05, 3.63) is 18.2 Å². The SMILES string of the molecule is COc1cccc2c1nc(N)n2C(C)CCC(C)C. The lowest BCUT2D eigenvalue weighted by Gasteiger charge is -2.17. The van der Waals surface area contributed by atoms with E-state index in [9.17, 15) is 0 Å². The molecule has 1 heterocycles. The molecule has 0 fully saturated rings. The molecule has 4 nitrogen and oxygen atoms in total. The molecule has 0 aliphatic rings. The van der Waals surface area contributed by atoms with Crippen molar-refractivity contribution in [1.29, 1.82) is 0 Å². The van der Waals surface area contributed by atoms with Crippen molar-refractivity contribution in [2.24, 2.45) is 5.92 Å². The minimum Gasteiger partial charge on any atom is -0.494 e. The molecule has 0 radical (unpaired) electrons. The van der Waals surface area contributed by atoms with Gasteiger partial charge in [-0.1, -0.05) is 19.9 Å². The number of rotatable bonds is 5. The van der Waals surface area contributed by atoms with Crippen molar-refractivity contribution in [1.82, 2.24) is 9.55 Å². The molecule has 0 saturated carbocycles. The zero-order chi connectivity index (χ0) is 14.0. The van der Waals surface area contributed by atoms with E-state index in [1.165, 1.54) is 6.42 Å². The summed E-state index contributed by atoms with van der Waals surface area (Å²) in [5.41, 5.74) is 7.98. The van der Waals surface area contributed by atoms with E-state index in [2.05, 4.69) is 30.3 Å². The van der Waals surface area contributed by atoms with Crippen molar-refractivity contribution in [2.75, 3.05) is 12.8 Å². The third kappa shape index (κ3) is 2.67. The van der Waals surface area contributed by atoms with Gasteiger partial charge in [-0.05, 0) is 37.8 Å². The molecule has 1 unspecified atom stereocenters. The molecule has 0 aliphatic carbocycles. The number of nitrogens with two attached hydrogens (primary N) is 1. The van der Waals surface area contributed by atoms with Gasteiger partial charge in [0.25, 0.3) is 0 Å². The molecule has 0 saturated heterocycles. The summed E-state index contributed by atoms with van der Waals surface area (Å²) in [5.74, 6) is 2.04. The summed E-state index contributed by atoms with van der Waals surface area (Å²) in [5, 5.41) is 0. The molecule has 0 bridgehead atoms. The maximum absolute atomic E-state index is 6.08. The quantitative estimate of drug-likeness (QED) is 0.894. The Morgan fingerprint density at radius 3 is 2.63 bits per heavy atom. The van der Waals surface area contributed by atoms with Gasteiger partial charge in [0.1, 0.15) is 11.3 Å². The first-order valence-corrected chi connectivity index (χ1v) is 6.85. The van der Waals surface area contributed by atoms with E-state index < -0.39 is 0 Å². The maximum Gasteiger partial charge on any atom is 0.201 e. The molecule has 0 amide bonds. The van der Waals surface area contributed by atoms with Crippen LogP contribution in [0, 0.1) is 5.92 Å². The predicted molar refractivity (Wildman–Crippen MR) is 79.5 cm³/mol. The Morgan fingerprint density at radius 2 is 2.00 bits per heavy atom. The van der Waals surface area contributed by atoms with Crippen molar-refractivity contribution in [3.8, 4) is 5.75 Å². The lowest BCUT2D eigenvalue weighted by atomic mass is 10.0. The van der Waals surface area contributed by atoms with Crippen LogP contribution >= 0.6 is 0 Å². The second-order valence-electron chi connectivity index (χ2n) is 5.49. The average Bonchev–Trinajstić information content (AvgIpc) is 2.71. The highest BCUT2D eigenvalue weighted by molar-refractivity contribution is 5.84. The fourth-order valence-corrected chi connectivity index (χ4v) is 2.44. The fourth-order valence-electron chi connectivity index (χ4n) is 2.44. The van der Waals surface area contributed by atoms with Gasteiger partial charge < -0.3 is 15.0 Å². The molecule has 1 aromatic heterocycles. The van der Waals surface area contributed by atoms with Gasteiger partial charge in [-0.2, -0.15) is 0 Å². The Bertz CT molecular complexity index is 560. The van der Waals surface area contributed by atoms with Crippen LogP contribution in [0.2, 0.25) is 0 Å². The van der Waals surface area contributed by atoms with Gasteiger partial charge >= 0.3 is 0 Å². The molecule has 2 N–H and O–H groups in total. The maximum atomic E-state index is 6.08. The minimum atomic E-state index is 0.347. The van der Waals surface area contributed by atoms with Gasteiger partial charge in [-0.3, -0.25) is 0 Å². The lowest BCUT2D eigenvalue weighted by molar-refractivity contribution is 0.419. The molecule has 2 rings (SSSR count). The number of nitrogen functional groups attached to an aromatic ring is 1. The summed E-state index contributed by atoms with van der Waals surface area (Å²) in [4.78, 5) is 4.45. The van der Waals surface area contributed by atoms with Crippen LogP contribution in [-0.4, -0.2) is 16.7 Å². The first kappa shape index (κ1) is 13.7. The number of fused-ring (bicyclic) bond motifs is 1. The van der Waals surface area contributed by atoms with Crippen molar-refractivity contribution in [3.63, 3.8) is 0 Å². The molecule has 104 valence electrons. The van der Waals surface area contributed by atoms with Gasteiger partial charge in [-0.25, -0.2) is 4.98 Å². The number of hydrogen-bond acceptors (Lipinski definition) is 3. The molecular formula is C15H23N3O. The minimum absolute atomic E-state index is 0.347. The zero-order valence-corrected chi connectivity index (χ0v) is 12.2. The number of hydrogen-bond donors (Lipinski definition) is 1. The van der Waals surface area contributed by atoms with E-state index in [0.29, 0.717) is 17.9 Å². The van der Waals surface area contributed by atoms with E-state index in [4.69, 9.17) is 10.5 Å². The number of aromatic nitrogens is 2. The van der Waals surface area contributed by atoms with E-state index in [1.807, 2.05) is 18.2 Å². The van der Waals surface area contributed by atoms with E-state index in [0.717, 1.165) is 23.2 Å². The number of para-hydroxylation sites is 1. The topological polar surface area (TPSA) is 53.1 Å². The summed E-state index contributed by atoms with van der Waals surface area (Å²) in [6, 6.07) is 6.29. The van der Waals surface area contributed by atoms with Gasteiger partial charge in [-0.15, -0.1) is 0 Å². The molecule has 4 heteroatoms. The molecule has 0 spiro atoms. The van der Waals surface area contributed by atoms with Gasteiger partial charge in [0, 0.05) is 6.04 Å². The first-order valence-electron chi connectivity index (χ1n) is 6.85. The van der Waals surface area contributed by atoms with Crippen LogP contribution in [0.3, 0.4) is 0 Å². The lowest BCUT2D eigenvalue weighted by Crippen LogP contribution is -2.09. The van der Waals surface area contributed by atoms with E-state index in [1.54, 1.807) is 7.11 Å². The highest BCUT2D eigenvalue weighted by Gasteiger charge is 2.16. The van der Waals surface area contributed by atoms with Gasteiger partial charge in [0.2, 0.25) is 5.95 Å². The zero-order valence-electron chi connectivity index (χ0n) is 12.2. The van der Waals surface area contributed by atoms with Crippen LogP contribution in [-0.2, 0) is 0 Å².